The number of fused-ring (bicyclic) bond motifs is 1. The zero-order valence-electron chi connectivity index (χ0n) is 21.9. The molecular weight excluding hydrogens is 492 g/mol. The lowest BCUT2D eigenvalue weighted by atomic mass is 9.80. The largest absolute Gasteiger partial charge is 0.336 e. The maximum Gasteiger partial charge on any atom is 0.149 e. The van der Waals surface area contributed by atoms with Crippen molar-refractivity contribution in [3.8, 4) is 11.1 Å². The quantitative estimate of drug-likeness (QED) is 0.270. The fraction of sp³-hybridized carbons (Fsp3) is 0.194. The van der Waals surface area contributed by atoms with Crippen molar-refractivity contribution in [3.05, 3.63) is 118 Å². The van der Waals surface area contributed by atoms with Crippen molar-refractivity contribution in [2.75, 3.05) is 7.05 Å². The van der Waals surface area contributed by atoms with Gasteiger partial charge in [-0.05, 0) is 64.6 Å². The molecule has 0 amide bonds. The summed E-state index contributed by atoms with van der Waals surface area (Å²) in [4.78, 5) is 8.87. The van der Waals surface area contributed by atoms with Gasteiger partial charge in [0.25, 0.3) is 0 Å². The Balaban J connectivity index is 1.85. The molecule has 0 spiro atoms. The summed E-state index contributed by atoms with van der Waals surface area (Å²) < 4.78 is 3.72. The van der Waals surface area contributed by atoms with Crippen LogP contribution in [-0.4, -0.2) is 28.0 Å². The van der Waals surface area contributed by atoms with Gasteiger partial charge in [-0.1, -0.05) is 67.4 Å². The number of rotatable bonds is 7. The van der Waals surface area contributed by atoms with Gasteiger partial charge in [-0.15, -0.1) is 0 Å². The van der Waals surface area contributed by atoms with Crippen LogP contribution in [0.3, 0.4) is 0 Å². The third kappa shape index (κ3) is 4.36. The maximum atomic E-state index is 7.36. The van der Waals surface area contributed by atoms with Gasteiger partial charge >= 0.3 is 0 Å². The van der Waals surface area contributed by atoms with E-state index in [9.17, 15) is 0 Å². The number of nitrogens with zero attached hydrogens (tertiary/aromatic N) is 5. The number of pyridine rings is 1. The third-order valence-electron chi connectivity index (χ3n) is 7.13. The average molecular weight is 523 g/mol. The molecular formula is C31H31ClN6. The Morgan fingerprint density at radius 2 is 1.79 bits per heavy atom. The summed E-state index contributed by atoms with van der Waals surface area (Å²) in [7, 11) is 3.72. The first kappa shape index (κ1) is 25.6. The summed E-state index contributed by atoms with van der Waals surface area (Å²) in [6.45, 7) is 6.01. The van der Waals surface area contributed by atoms with Crippen LogP contribution in [0.5, 0.6) is 0 Å². The minimum Gasteiger partial charge on any atom is -0.336 e. The van der Waals surface area contributed by atoms with Gasteiger partial charge in [0.05, 0.1) is 23.7 Å². The highest BCUT2D eigenvalue weighted by atomic mass is 35.5. The van der Waals surface area contributed by atoms with Gasteiger partial charge in [0.1, 0.15) is 11.0 Å². The molecule has 0 aliphatic carbocycles. The molecule has 6 nitrogen and oxygen atoms in total. The molecule has 5 rings (SSSR count). The van der Waals surface area contributed by atoms with Gasteiger partial charge in [-0.3, -0.25) is 4.99 Å². The number of imidazole rings is 1. The summed E-state index contributed by atoms with van der Waals surface area (Å²) >= 11 is 6.24. The molecule has 7 heteroatoms. The molecule has 0 saturated carbocycles. The van der Waals surface area contributed by atoms with Gasteiger partial charge in [-0.2, -0.15) is 5.10 Å². The van der Waals surface area contributed by atoms with Crippen LogP contribution in [0.1, 0.15) is 35.7 Å². The maximum absolute atomic E-state index is 7.36. The van der Waals surface area contributed by atoms with Crippen LogP contribution in [0.2, 0.25) is 5.02 Å². The molecule has 5 aromatic rings. The zero-order chi connectivity index (χ0) is 26.9. The molecule has 0 aliphatic rings. The van der Waals surface area contributed by atoms with Crippen molar-refractivity contribution in [2.45, 2.75) is 25.3 Å². The van der Waals surface area contributed by atoms with Crippen molar-refractivity contribution in [1.82, 2.24) is 14.2 Å². The van der Waals surface area contributed by atoms with Crippen LogP contribution in [0.15, 0.2) is 95.4 Å². The van der Waals surface area contributed by atoms with E-state index in [0.29, 0.717) is 5.02 Å². The van der Waals surface area contributed by atoms with E-state index >= 15 is 0 Å². The van der Waals surface area contributed by atoms with Gasteiger partial charge in [-0.25, -0.2) is 9.66 Å². The van der Waals surface area contributed by atoms with Crippen molar-refractivity contribution >= 4 is 29.2 Å². The van der Waals surface area contributed by atoms with E-state index in [2.05, 4.69) is 65.1 Å². The summed E-state index contributed by atoms with van der Waals surface area (Å²) in [5.41, 5.74) is 14.2. The Kier molecular flexibility index (Phi) is 7.02. The number of hydrogen-bond donors (Lipinski definition) is 1. The van der Waals surface area contributed by atoms with E-state index in [0.717, 1.165) is 57.2 Å². The molecule has 0 fully saturated rings. The van der Waals surface area contributed by atoms with E-state index in [4.69, 9.17) is 17.3 Å². The Morgan fingerprint density at radius 3 is 2.45 bits per heavy atom. The second-order valence-corrected chi connectivity index (χ2v) is 9.92. The molecule has 3 aromatic carbocycles. The molecule has 2 N–H and O–H groups in total. The van der Waals surface area contributed by atoms with E-state index in [-0.39, 0.29) is 0 Å². The summed E-state index contributed by atoms with van der Waals surface area (Å²) in [5.74, 6) is 0. The monoisotopic (exact) mass is 522 g/mol. The van der Waals surface area contributed by atoms with E-state index in [1.807, 2.05) is 54.2 Å². The molecule has 0 aliphatic heterocycles. The molecule has 0 bridgehead atoms. The Morgan fingerprint density at radius 1 is 1.03 bits per heavy atom. The molecule has 2 aromatic heterocycles. The van der Waals surface area contributed by atoms with Crippen LogP contribution >= 0.6 is 11.6 Å². The predicted molar refractivity (Wildman–Crippen MR) is 157 cm³/mol. The molecule has 2 heterocycles. The highest BCUT2D eigenvalue weighted by Crippen LogP contribution is 2.38. The smallest absolute Gasteiger partial charge is 0.149 e. The van der Waals surface area contributed by atoms with Crippen LogP contribution in [-0.2, 0) is 19.0 Å². The fourth-order valence-corrected chi connectivity index (χ4v) is 5.34. The number of hydrogen-bond acceptors (Lipinski definition) is 4. The Labute approximate surface area is 227 Å². The van der Waals surface area contributed by atoms with Crippen LogP contribution < -0.4 is 11.2 Å². The van der Waals surface area contributed by atoms with E-state index < -0.39 is 5.54 Å². The number of benzene rings is 3. The minimum atomic E-state index is -0.981. The third-order valence-corrected chi connectivity index (χ3v) is 7.38. The molecule has 1 atom stereocenters. The normalized spacial score (nSPS) is 13.6. The lowest BCUT2D eigenvalue weighted by molar-refractivity contribution is 0.596. The lowest BCUT2D eigenvalue weighted by Crippen LogP contribution is -2.41. The highest BCUT2D eigenvalue weighted by molar-refractivity contribution is 6.30. The zero-order valence-corrected chi connectivity index (χ0v) is 22.7. The number of halogens is 1. The molecule has 1 unspecified atom stereocenters. The van der Waals surface area contributed by atoms with Gasteiger partial charge < -0.3 is 10.3 Å². The SMILES string of the molecule is C=Nn1c(=NC)cc(-c2cccc(CCC)c2)c2cc(C(N)(c3ccc(Cl)cc3)c3cncn3C)ccc21. The Bertz CT molecular complexity index is 1700. The first-order valence-corrected chi connectivity index (χ1v) is 13.0. The first-order chi connectivity index (χ1) is 18.4. The second-order valence-electron chi connectivity index (χ2n) is 9.48. The molecule has 0 saturated heterocycles. The number of aryl methyl sites for hydroxylation is 2. The van der Waals surface area contributed by atoms with Gasteiger partial charge in [0, 0.05) is 31.2 Å². The van der Waals surface area contributed by atoms with Crippen molar-refractivity contribution in [3.63, 3.8) is 0 Å². The van der Waals surface area contributed by atoms with E-state index in [1.54, 1.807) is 18.1 Å². The summed E-state index contributed by atoms with van der Waals surface area (Å²) in [6, 6.07) is 24.7. The first-order valence-electron chi connectivity index (χ1n) is 12.6. The van der Waals surface area contributed by atoms with Crippen molar-refractivity contribution in [2.24, 2.45) is 22.9 Å². The topological polar surface area (TPSA) is 73.5 Å². The fourth-order valence-electron chi connectivity index (χ4n) is 5.22. The minimum absolute atomic E-state index is 0.655. The number of nitrogens with two attached hydrogens (primary N) is 1. The number of aromatic nitrogens is 3. The standard InChI is InChI=1S/C31H31ClN6/c1-5-7-21-8-6-9-22(16-21)26-18-30(34-2)38(35-3)28-15-12-24(17-27(26)28)31(33,29-19-36-20-37(29)4)23-10-13-25(32)14-11-23/h6,8-20H,3,5,7,33H2,1-2,4H3. The van der Waals surface area contributed by atoms with Crippen LogP contribution in [0, 0.1) is 0 Å². The van der Waals surface area contributed by atoms with Crippen LogP contribution in [0.25, 0.3) is 22.0 Å². The lowest BCUT2D eigenvalue weighted by Gasteiger charge is -2.31. The van der Waals surface area contributed by atoms with Crippen LogP contribution in [0.4, 0.5) is 0 Å². The Hall–Kier alpha value is -4.00. The molecule has 0 radical (unpaired) electrons. The summed E-state index contributed by atoms with van der Waals surface area (Å²) in [6.07, 6.45) is 5.69. The predicted octanol–water partition coefficient (Wildman–Crippen LogP) is 5.89. The van der Waals surface area contributed by atoms with Crippen molar-refractivity contribution < 1.29 is 0 Å². The second kappa shape index (κ2) is 10.4. The highest BCUT2D eigenvalue weighted by Gasteiger charge is 2.35. The van der Waals surface area contributed by atoms with E-state index in [1.165, 1.54) is 5.56 Å². The van der Waals surface area contributed by atoms with Crippen molar-refractivity contribution in [1.29, 1.82) is 0 Å². The molecule has 38 heavy (non-hydrogen) atoms. The summed E-state index contributed by atoms with van der Waals surface area (Å²) in [5, 5.41) is 5.95. The van der Waals surface area contributed by atoms with Gasteiger partial charge in [0.15, 0.2) is 0 Å². The average Bonchev–Trinajstić information content (AvgIpc) is 3.38. The van der Waals surface area contributed by atoms with Gasteiger partial charge in [0.2, 0.25) is 0 Å². The molecule has 192 valence electrons.